The maximum absolute atomic E-state index is 13.0. The van der Waals surface area contributed by atoms with Crippen LogP contribution >= 0.6 is 0 Å². The molecule has 3 fully saturated rings. The quantitative estimate of drug-likeness (QED) is 0.582. The molecule has 3 amide bonds. The number of piperidine rings is 1. The standard InChI is InChI=1S/C28H35N3O5/c1-34-25-12-11-21(18-26(25)36-24-9-5-6-10-24)29-27(32)30-15-13-22(14-16-30)31-23(19-35-28(31)33)17-20-7-3-2-4-8-20/h2-4,7-8,11-12,18,22-24H,5-6,9-10,13-17,19H2,1H3,(H,29,32)/t23-/m0/s1. The van der Waals surface area contributed by atoms with Gasteiger partial charge >= 0.3 is 12.1 Å². The smallest absolute Gasteiger partial charge is 0.410 e. The largest absolute Gasteiger partial charge is 0.493 e. The van der Waals surface area contributed by atoms with Crippen LogP contribution in [-0.2, 0) is 11.2 Å². The van der Waals surface area contributed by atoms with Crippen LogP contribution in [0.15, 0.2) is 48.5 Å². The summed E-state index contributed by atoms with van der Waals surface area (Å²) in [5.74, 6) is 1.33. The fourth-order valence-electron chi connectivity index (χ4n) is 5.54. The Hall–Kier alpha value is -3.42. The molecule has 2 saturated heterocycles. The molecule has 8 heteroatoms. The number of ether oxygens (including phenoxy) is 3. The Morgan fingerprint density at radius 1 is 1.03 bits per heavy atom. The van der Waals surface area contributed by atoms with E-state index in [9.17, 15) is 9.59 Å². The zero-order chi connectivity index (χ0) is 24.9. The molecule has 8 nitrogen and oxygen atoms in total. The molecule has 2 aromatic carbocycles. The molecule has 2 aliphatic heterocycles. The van der Waals surface area contributed by atoms with E-state index in [0.29, 0.717) is 36.9 Å². The van der Waals surface area contributed by atoms with Gasteiger partial charge in [0.2, 0.25) is 0 Å². The van der Waals surface area contributed by atoms with Crippen LogP contribution in [0.4, 0.5) is 15.3 Å². The van der Waals surface area contributed by atoms with Crippen LogP contribution in [0, 0.1) is 0 Å². The molecule has 1 saturated carbocycles. The lowest BCUT2D eigenvalue weighted by Crippen LogP contribution is -2.51. The number of amides is 3. The first-order valence-corrected chi connectivity index (χ1v) is 13.0. The number of benzene rings is 2. The van der Waals surface area contributed by atoms with Crippen molar-refractivity contribution in [3.8, 4) is 11.5 Å². The third-order valence-corrected chi connectivity index (χ3v) is 7.47. The predicted octanol–water partition coefficient (Wildman–Crippen LogP) is 5.08. The third-order valence-electron chi connectivity index (χ3n) is 7.47. The fourth-order valence-corrected chi connectivity index (χ4v) is 5.54. The Bertz CT molecular complexity index is 1050. The summed E-state index contributed by atoms with van der Waals surface area (Å²) in [5.41, 5.74) is 1.88. The number of cyclic esters (lactones) is 1. The predicted molar refractivity (Wildman–Crippen MR) is 137 cm³/mol. The summed E-state index contributed by atoms with van der Waals surface area (Å²) >= 11 is 0. The number of hydrogen-bond donors (Lipinski definition) is 1. The number of likely N-dealkylation sites (tertiary alicyclic amines) is 1. The molecule has 192 valence electrons. The molecule has 0 aromatic heterocycles. The van der Waals surface area contributed by atoms with Gasteiger partial charge in [-0.25, -0.2) is 9.59 Å². The van der Waals surface area contributed by atoms with Crippen LogP contribution < -0.4 is 14.8 Å². The first-order valence-electron chi connectivity index (χ1n) is 13.0. The number of anilines is 1. The summed E-state index contributed by atoms with van der Waals surface area (Å²) in [6, 6.07) is 15.7. The van der Waals surface area contributed by atoms with Crippen molar-refractivity contribution in [3.05, 3.63) is 54.1 Å². The highest BCUT2D eigenvalue weighted by Crippen LogP contribution is 2.34. The maximum atomic E-state index is 13.0. The number of nitrogens with one attached hydrogen (secondary N) is 1. The van der Waals surface area contributed by atoms with E-state index < -0.39 is 0 Å². The average Bonchev–Trinajstić information content (AvgIpc) is 3.54. The van der Waals surface area contributed by atoms with Gasteiger partial charge in [0, 0.05) is 30.9 Å². The second-order valence-corrected chi connectivity index (χ2v) is 9.87. The highest BCUT2D eigenvalue weighted by molar-refractivity contribution is 5.89. The molecular weight excluding hydrogens is 458 g/mol. The van der Waals surface area contributed by atoms with Crippen LogP contribution in [0.3, 0.4) is 0 Å². The lowest BCUT2D eigenvalue weighted by atomic mass is 9.99. The molecule has 3 aliphatic rings. The number of carbonyl (C=O) groups is 2. The number of nitrogens with zero attached hydrogens (tertiary/aromatic N) is 2. The van der Waals surface area contributed by atoms with Crippen molar-refractivity contribution in [2.75, 3.05) is 32.1 Å². The summed E-state index contributed by atoms with van der Waals surface area (Å²) in [7, 11) is 1.62. The Kier molecular flexibility index (Phi) is 7.49. The molecule has 1 atom stereocenters. The molecule has 2 aromatic rings. The lowest BCUT2D eigenvalue weighted by molar-refractivity contribution is 0.116. The van der Waals surface area contributed by atoms with E-state index in [1.165, 1.54) is 18.4 Å². The second kappa shape index (κ2) is 11.1. The van der Waals surface area contributed by atoms with E-state index in [1.807, 2.05) is 46.2 Å². The van der Waals surface area contributed by atoms with Crippen molar-refractivity contribution in [3.63, 3.8) is 0 Å². The van der Waals surface area contributed by atoms with Gasteiger partial charge in [0.15, 0.2) is 11.5 Å². The van der Waals surface area contributed by atoms with Gasteiger partial charge < -0.3 is 24.4 Å². The van der Waals surface area contributed by atoms with E-state index in [1.54, 1.807) is 7.11 Å². The highest BCUT2D eigenvalue weighted by Gasteiger charge is 2.39. The second-order valence-electron chi connectivity index (χ2n) is 9.87. The van der Waals surface area contributed by atoms with Crippen molar-refractivity contribution < 1.29 is 23.8 Å². The molecule has 36 heavy (non-hydrogen) atoms. The van der Waals surface area contributed by atoms with Gasteiger partial charge in [0.25, 0.3) is 0 Å². The lowest BCUT2D eigenvalue weighted by Gasteiger charge is -2.37. The summed E-state index contributed by atoms with van der Waals surface area (Å²) < 4.78 is 17.0. The first kappa shape index (κ1) is 24.3. The first-order chi connectivity index (χ1) is 17.6. The highest BCUT2D eigenvalue weighted by atomic mass is 16.6. The van der Waals surface area contributed by atoms with E-state index in [0.717, 1.165) is 32.1 Å². The van der Waals surface area contributed by atoms with E-state index in [-0.39, 0.29) is 30.3 Å². The minimum Gasteiger partial charge on any atom is -0.493 e. The molecule has 1 N–H and O–H groups in total. The maximum Gasteiger partial charge on any atom is 0.410 e. The van der Waals surface area contributed by atoms with Crippen LogP contribution in [0.2, 0.25) is 0 Å². The molecule has 0 unspecified atom stereocenters. The van der Waals surface area contributed by atoms with Crippen LogP contribution in [-0.4, -0.2) is 66.9 Å². The number of rotatable bonds is 7. The average molecular weight is 494 g/mol. The molecule has 0 spiro atoms. The van der Waals surface area contributed by atoms with Crippen LogP contribution in [0.25, 0.3) is 0 Å². The molecule has 1 aliphatic carbocycles. The number of urea groups is 1. The van der Waals surface area contributed by atoms with Crippen molar-refractivity contribution in [2.45, 2.75) is 63.1 Å². The van der Waals surface area contributed by atoms with E-state index >= 15 is 0 Å². The van der Waals surface area contributed by atoms with Gasteiger partial charge in [-0.3, -0.25) is 4.90 Å². The van der Waals surface area contributed by atoms with E-state index in [4.69, 9.17) is 14.2 Å². The molecule has 0 radical (unpaired) electrons. The molecule has 5 rings (SSSR count). The summed E-state index contributed by atoms with van der Waals surface area (Å²) in [5, 5.41) is 3.01. The number of hydrogen-bond acceptors (Lipinski definition) is 5. The number of carbonyl (C=O) groups excluding carboxylic acids is 2. The topological polar surface area (TPSA) is 80.3 Å². The summed E-state index contributed by atoms with van der Waals surface area (Å²) in [4.78, 5) is 29.3. The normalized spacial score (nSPS) is 20.9. The monoisotopic (exact) mass is 493 g/mol. The van der Waals surface area contributed by atoms with Crippen molar-refractivity contribution in [1.29, 1.82) is 0 Å². The minimum absolute atomic E-state index is 0.0304. The van der Waals surface area contributed by atoms with Gasteiger partial charge in [0.05, 0.1) is 19.3 Å². The van der Waals surface area contributed by atoms with E-state index in [2.05, 4.69) is 17.4 Å². The van der Waals surface area contributed by atoms with Gasteiger partial charge in [-0.1, -0.05) is 30.3 Å². The summed E-state index contributed by atoms with van der Waals surface area (Å²) in [6.07, 6.45) is 6.65. The molecule has 2 heterocycles. The number of methoxy groups -OCH3 is 1. The van der Waals surface area contributed by atoms with Gasteiger partial charge in [-0.05, 0) is 62.6 Å². The van der Waals surface area contributed by atoms with Gasteiger partial charge in [-0.2, -0.15) is 0 Å². The Morgan fingerprint density at radius 3 is 2.50 bits per heavy atom. The minimum atomic E-state index is -0.244. The zero-order valence-corrected chi connectivity index (χ0v) is 20.9. The van der Waals surface area contributed by atoms with Crippen molar-refractivity contribution in [1.82, 2.24) is 9.80 Å². The molecular formula is C28H35N3O5. The van der Waals surface area contributed by atoms with Crippen molar-refractivity contribution >= 4 is 17.8 Å². The Morgan fingerprint density at radius 2 is 1.78 bits per heavy atom. The van der Waals surface area contributed by atoms with Crippen LogP contribution in [0.1, 0.15) is 44.1 Å². The van der Waals surface area contributed by atoms with Crippen molar-refractivity contribution in [2.24, 2.45) is 0 Å². The summed E-state index contributed by atoms with van der Waals surface area (Å²) in [6.45, 7) is 1.58. The Labute approximate surface area is 212 Å². The Balaban J connectivity index is 1.17. The van der Waals surface area contributed by atoms with Gasteiger partial charge in [-0.15, -0.1) is 0 Å². The third kappa shape index (κ3) is 5.53. The fraction of sp³-hybridized carbons (Fsp3) is 0.500. The zero-order valence-electron chi connectivity index (χ0n) is 20.9. The van der Waals surface area contributed by atoms with Gasteiger partial charge in [0.1, 0.15) is 6.61 Å². The van der Waals surface area contributed by atoms with Crippen LogP contribution in [0.5, 0.6) is 11.5 Å². The SMILES string of the molecule is COc1ccc(NC(=O)N2CCC(N3C(=O)OC[C@@H]3Cc3ccccc3)CC2)cc1OC1CCCC1. The molecule has 0 bridgehead atoms.